The van der Waals surface area contributed by atoms with Gasteiger partial charge in [-0.25, -0.2) is 0 Å². The molecule has 2 bridgehead atoms. The van der Waals surface area contributed by atoms with Crippen molar-refractivity contribution >= 4 is 11.9 Å². The Morgan fingerprint density at radius 2 is 1.86 bits per heavy atom. The Morgan fingerprint density at radius 1 is 1.18 bits per heavy atom. The van der Waals surface area contributed by atoms with Crippen molar-refractivity contribution in [1.29, 1.82) is 0 Å². The molecule has 2 heterocycles. The van der Waals surface area contributed by atoms with Crippen molar-refractivity contribution in [3.8, 4) is 0 Å². The normalized spacial score (nSPS) is 29.6. The highest BCUT2D eigenvalue weighted by molar-refractivity contribution is 5.78. The maximum absolute atomic E-state index is 11.8. The molecule has 3 rings (SSSR count). The van der Waals surface area contributed by atoms with Crippen molar-refractivity contribution in [3.05, 3.63) is 35.4 Å². The van der Waals surface area contributed by atoms with E-state index in [1.807, 2.05) is 24.3 Å². The molecule has 1 aromatic carbocycles. The maximum atomic E-state index is 11.8. The second-order valence-electron chi connectivity index (χ2n) is 6.25. The van der Waals surface area contributed by atoms with Gasteiger partial charge in [0.2, 0.25) is 5.91 Å². The second kappa shape index (κ2) is 6.08. The van der Waals surface area contributed by atoms with E-state index in [0.29, 0.717) is 6.42 Å². The molecule has 2 aliphatic rings. The summed E-state index contributed by atoms with van der Waals surface area (Å²) in [5.41, 5.74) is 7.71. The van der Waals surface area contributed by atoms with Gasteiger partial charge >= 0.3 is 5.97 Å². The van der Waals surface area contributed by atoms with Crippen LogP contribution in [-0.4, -0.2) is 29.2 Å². The van der Waals surface area contributed by atoms with Gasteiger partial charge in [0.05, 0.1) is 18.1 Å². The van der Waals surface area contributed by atoms with E-state index in [1.54, 1.807) is 0 Å². The van der Waals surface area contributed by atoms with Gasteiger partial charge in [0.25, 0.3) is 0 Å². The van der Waals surface area contributed by atoms with Crippen molar-refractivity contribution in [1.82, 2.24) is 0 Å². The summed E-state index contributed by atoms with van der Waals surface area (Å²) in [6, 6.07) is 7.85. The number of carbonyl (C=O) groups is 2. The largest absolute Gasteiger partial charge is 0.481 e. The summed E-state index contributed by atoms with van der Waals surface area (Å²) in [5, 5.41) is 8.87. The average Bonchev–Trinajstić information content (AvgIpc) is 3.07. The number of fused-ring (bicyclic) bond motifs is 2. The lowest BCUT2D eigenvalue weighted by Gasteiger charge is -2.26. The van der Waals surface area contributed by atoms with E-state index in [1.165, 1.54) is 0 Å². The molecule has 0 radical (unpaired) electrons. The van der Waals surface area contributed by atoms with Gasteiger partial charge in [-0.3, -0.25) is 9.59 Å². The average molecular weight is 303 g/mol. The molecule has 22 heavy (non-hydrogen) atoms. The highest BCUT2D eigenvalue weighted by Crippen LogP contribution is 2.45. The molecule has 0 saturated carbocycles. The number of nitrogens with two attached hydrogens (primary N) is 1. The number of ether oxygens (including phenoxy) is 1. The molecule has 5 heteroatoms. The van der Waals surface area contributed by atoms with Gasteiger partial charge in [-0.05, 0) is 36.8 Å². The van der Waals surface area contributed by atoms with Gasteiger partial charge in [0, 0.05) is 12.3 Å². The van der Waals surface area contributed by atoms with E-state index >= 15 is 0 Å². The van der Waals surface area contributed by atoms with Crippen LogP contribution in [0.2, 0.25) is 0 Å². The topological polar surface area (TPSA) is 89.6 Å². The number of hydrogen-bond acceptors (Lipinski definition) is 3. The van der Waals surface area contributed by atoms with E-state index in [-0.39, 0.29) is 36.4 Å². The Hall–Kier alpha value is -1.88. The van der Waals surface area contributed by atoms with Crippen LogP contribution in [0.15, 0.2) is 24.3 Å². The van der Waals surface area contributed by atoms with Crippen LogP contribution < -0.4 is 5.73 Å². The Kier molecular flexibility index (Phi) is 4.16. The highest BCUT2D eigenvalue weighted by atomic mass is 16.5. The number of primary amides is 1. The summed E-state index contributed by atoms with van der Waals surface area (Å²) in [6.45, 7) is 0. The highest BCUT2D eigenvalue weighted by Gasteiger charge is 2.51. The number of aryl methyl sites for hydroxylation is 1. The van der Waals surface area contributed by atoms with Gasteiger partial charge in [0.1, 0.15) is 0 Å². The summed E-state index contributed by atoms with van der Waals surface area (Å²) in [5.74, 6) is -1.18. The van der Waals surface area contributed by atoms with Crippen molar-refractivity contribution in [2.24, 2.45) is 17.6 Å². The fourth-order valence-electron chi connectivity index (χ4n) is 3.92. The van der Waals surface area contributed by atoms with Gasteiger partial charge in [-0.2, -0.15) is 0 Å². The first-order valence-electron chi connectivity index (χ1n) is 7.79. The minimum absolute atomic E-state index is 0.0290. The van der Waals surface area contributed by atoms with Crippen LogP contribution in [0.5, 0.6) is 0 Å². The van der Waals surface area contributed by atoms with Crippen LogP contribution in [0.25, 0.3) is 0 Å². The minimum Gasteiger partial charge on any atom is -0.481 e. The van der Waals surface area contributed by atoms with E-state index in [9.17, 15) is 9.59 Å². The van der Waals surface area contributed by atoms with Crippen LogP contribution >= 0.6 is 0 Å². The van der Waals surface area contributed by atoms with Crippen LogP contribution in [-0.2, 0) is 27.2 Å². The zero-order valence-electron chi connectivity index (χ0n) is 12.4. The monoisotopic (exact) mass is 303 g/mol. The molecule has 0 spiro atoms. The molecule has 3 N–H and O–H groups in total. The Morgan fingerprint density at radius 3 is 2.55 bits per heavy atom. The molecule has 1 aromatic rings. The third-order valence-electron chi connectivity index (χ3n) is 4.94. The summed E-state index contributed by atoms with van der Waals surface area (Å²) < 4.78 is 5.87. The van der Waals surface area contributed by atoms with Crippen LogP contribution in [0, 0.1) is 11.8 Å². The van der Waals surface area contributed by atoms with E-state index < -0.39 is 5.97 Å². The number of carbonyl (C=O) groups excluding carboxylic acids is 1. The molecule has 0 aromatic heterocycles. The van der Waals surface area contributed by atoms with Crippen LogP contribution in [0.1, 0.15) is 30.4 Å². The number of carboxylic acids is 1. The predicted molar refractivity (Wildman–Crippen MR) is 80.2 cm³/mol. The lowest BCUT2D eigenvalue weighted by molar-refractivity contribution is -0.137. The SMILES string of the molecule is NC(=O)C1C2CCC(O2)C1Cc1ccccc1CCC(=O)O. The number of carboxylic acid groups (broad SMARTS) is 1. The molecular formula is C17H21NO4. The van der Waals surface area contributed by atoms with Gasteiger partial charge in [0.15, 0.2) is 0 Å². The molecule has 2 aliphatic heterocycles. The number of amides is 1. The third kappa shape index (κ3) is 2.86. The maximum Gasteiger partial charge on any atom is 0.303 e. The fourth-order valence-corrected chi connectivity index (χ4v) is 3.92. The second-order valence-corrected chi connectivity index (χ2v) is 6.25. The molecule has 5 nitrogen and oxygen atoms in total. The zero-order chi connectivity index (χ0) is 15.7. The molecule has 1 amide bonds. The molecule has 0 aliphatic carbocycles. The number of hydrogen-bond donors (Lipinski definition) is 2. The lowest BCUT2D eigenvalue weighted by atomic mass is 9.75. The number of rotatable bonds is 6. The minimum atomic E-state index is -0.798. The summed E-state index contributed by atoms with van der Waals surface area (Å²) in [6.07, 6.45) is 3.32. The molecule has 2 fully saturated rings. The van der Waals surface area contributed by atoms with Crippen molar-refractivity contribution in [2.75, 3.05) is 0 Å². The number of aliphatic carboxylic acids is 1. The van der Waals surface area contributed by atoms with Crippen LogP contribution in [0.3, 0.4) is 0 Å². The molecular weight excluding hydrogens is 282 g/mol. The Balaban J connectivity index is 1.78. The predicted octanol–water partition coefficient (Wildman–Crippen LogP) is 1.53. The summed E-state index contributed by atoms with van der Waals surface area (Å²) in [4.78, 5) is 22.5. The van der Waals surface area contributed by atoms with Crippen molar-refractivity contribution in [2.45, 2.75) is 44.3 Å². The first kappa shape index (κ1) is 15.0. The van der Waals surface area contributed by atoms with Gasteiger partial charge < -0.3 is 15.6 Å². The van der Waals surface area contributed by atoms with E-state index in [2.05, 4.69) is 0 Å². The Bertz CT molecular complexity index is 586. The standard InChI is InChI=1S/C17H21NO4/c18-17(21)16-12(13-6-7-14(16)22-13)9-11-4-2-1-3-10(11)5-8-15(19)20/h1-4,12-14,16H,5-9H2,(H2,18,21)(H,19,20). The molecule has 4 atom stereocenters. The number of benzene rings is 1. The lowest BCUT2D eigenvalue weighted by Crippen LogP contribution is -2.38. The fraction of sp³-hybridized carbons (Fsp3) is 0.529. The summed E-state index contributed by atoms with van der Waals surface area (Å²) >= 11 is 0. The van der Waals surface area contributed by atoms with Gasteiger partial charge in [-0.15, -0.1) is 0 Å². The van der Waals surface area contributed by atoms with Gasteiger partial charge in [-0.1, -0.05) is 24.3 Å². The van der Waals surface area contributed by atoms with E-state index in [4.69, 9.17) is 15.6 Å². The van der Waals surface area contributed by atoms with E-state index in [0.717, 1.165) is 30.4 Å². The quantitative estimate of drug-likeness (QED) is 0.834. The zero-order valence-corrected chi connectivity index (χ0v) is 12.4. The van der Waals surface area contributed by atoms with Crippen LogP contribution in [0.4, 0.5) is 0 Å². The first-order valence-corrected chi connectivity index (χ1v) is 7.79. The van der Waals surface area contributed by atoms with Crippen molar-refractivity contribution < 1.29 is 19.4 Å². The summed E-state index contributed by atoms with van der Waals surface area (Å²) in [7, 11) is 0. The molecule has 118 valence electrons. The molecule has 4 unspecified atom stereocenters. The Labute approximate surface area is 129 Å². The third-order valence-corrected chi connectivity index (χ3v) is 4.94. The molecule has 2 saturated heterocycles. The smallest absolute Gasteiger partial charge is 0.303 e. The van der Waals surface area contributed by atoms with Crippen molar-refractivity contribution in [3.63, 3.8) is 0 Å². The first-order chi connectivity index (χ1) is 10.6.